The largest absolute Gasteiger partial charge is 0.206 e. The van der Waals surface area contributed by atoms with Gasteiger partial charge in [-0.05, 0) is 40.0 Å². The zero-order chi connectivity index (χ0) is 13.0. The number of aryl methyl sites for hydroxylation is 1. The van der Waals surface area contributed by atoms with Crippen molar-refractivity contribution in [3.8, 4) is 0 Å². The highest BCUT2D eigenvalue weighted by molar-refractivity contribution is 9.10. The molecule has 2 aromatic rings. The molecule has 2 aromatic carbocycles. The fourth-order valence-electron chi connectivity index (χ4n) is 1.74. The summed E-state index contributed by atoms with van der Waals surface area (Å²) in [7, 11) is 0. The first kappa shape index (κ1) is 13.6. The van der Waals surface area contributed by atoms with E-state index in [1.54, 1.807) is 17.8 Å². The molecule has 2 rings (SSSR count). The van der Waals surface area contributed by atoms with Crippen molar-refractivity contribution < 1.29 is 4.39 Å². The van der Waals surface area contributed by atoms with E-state index in [1.807, 2.05) is 6.07 Å². The van der Waals surface area contributed by atoms with E-state index in [-0.39, 0.29) is 5.82 Å². The van der Waals surface area contributed by atoms with Crippen molar-refractivity contribution in [1.29, 1.82) is 0 Å². The Kier molecular flexibility index (Phi) is 4.84. The van der Waals surface area contributed by atoms with Crippen molar-refractivity contribution in [2.75, 3.05) is 0 Å². The van der Waals surface area contributed by atoms with Crippen LogP contribution >= 0.6 is 27.7 Å². The highest BCUT2D eigenvalue weighted by Crippen LogP contribution is 2.26. The number of thioether (sulfide) groups is 1. The van der Waals surface area contributed by atoms with E-state index in [1.165, 1.54) is 17.2 Å². The topological polar surface area (TPSA) is 0 Å². The molecular weight excluding hydrogens is 311 g/mol. The van der Waals surface area contributed by atoms with E-state index >= 15 is 0 Å². The molecule has 0 radical (unpaired) electrons. The number of hydrogen-bond donors (Lipinski definition) is 0. The maximum absolute atomic E-state index is 13.3. The second-order valence-corrected chi connectivity index (χ2v) is 5.97. The normalized spacial score (nSPS) is 10.6. The van der Waals surface area contributed by atoms with Gasteiger partial charge in [-0.1, -0.05) is 42.0 Å². The second kappa shape index (κ2) is 6.39. The van der Waals surface area contributed by atoms with E-state index in [0.717, 1.165) is 17.1 Å². The number of halogens is 2. The molecule has 0 amide bonds. The number of benzene rings is 2. The minimum atomic E-state index is -0.191. The third-order valence-electron chi connectivity index (χ3n) is 2.64. The molecule has 0 aliphatic heterocycles. The van der Waals surface area contributed by atoms with Crippen molar-refractivity contribution in [2.24, 2.45) is 0 Å². The Labute approximate surface area is 120 Å². The van der Waals surface area contributed by atoms with Crippen LogP contribution in [0.3, 0.4) is 0 Å². The van der Waals surface area contributed by atoms with Crippen molar-refractivity contribution in [3.63, 3.8) is 0 Å². The lowest BCUT2D eigenvalue weighted by atomic mass is 10.2. The maximum Gasteiger partial charge on any atom is 0.137 e. The zero-order valence-corrected chi connectivity index (χ0v) is 12.5. The van der Waals surface area contributed by atoms with Crippen LogP contribution in [-0.2, 0) is 11.5 Å². The lowest BCUT2D eigenvalue weighted by molar-refractivity contribution is 0.619. The van der Waals surface area contributed by atoms with Gasteiger partial charge in [0.05, 0.1) is 4.47 Å². The van der Waals surface area contributed by atoms with Crippen LogP contribution in [-0.4, -0.2) is 0 Å². The van der Waals surface area contributed by atoms with Gasteiger partial charge >= 0.3 is 0 Å². The fourth-order valence-corrected chi connectivity index (χ4v) is 3.31. The van der Waals surface area contributed by atoms with Crippen LogP contribution < -0.4 is 0 Å². The molecule has 94 valence electrons. The summed E-state index contributed by atoms with van der Waals surface area (Å²) in [5, 5.41) is 0. The van der Waals surface area contributed by atoms with Gasteiger partial charge in [-0.15, -0.1) is 0 Å². The van der Waals surface area contributed by atoms with E-state index in [0.29, 0.717) is 4.47 Å². The first-order valence-corrected chi connectivity index (χ1v) is 7.68. The first-order valence-electron chi connectivity index (χ1n) is 5.73. The summed E-state index contributed by atoms with van der Waals surface area (Å²) in [5.74, 6) is 1.57. The van der Waals surface area contributed by atoms with Gasteiger partial charge in [-0.25, -0.2) is 4.39 Å². The summed E-state index contributed by atoms with van der Waals surface area (Å²) < 4.78 is 13.9. The van der Waals surface area contributed by atoms with Crippen LogP contribution in [0.15, 0.2) is 46.9 Å². The SMILES string of the molecule is Cc1cccc(CSCc2cccc(F)c2Br)c1. The van der Waals surface area contributed by atoms with Gasteiger partial charge < -0.3 is 0 Å². The molecule has 0 aromatic heterocycles. The monoisotopic (exact) mass is 324 g/mol. The lowest BCUT2D eigenvalue weighted by Crippen LogP contribution is -1.88. The molecule has 0 atom stereocenters. The molecule has 0 N–H and O–H groups in total. The fraction of sp³-hybridized carbons (Fsp3) is 0.200. The molecule has 0 spiro atoms. The Bertz CT molecular complexity index is 540. The summed E-state index contributed by atoms with van der Waals surface area (Å²) in [5.41, 5.74) is 3.60. The summed E-state index contributed by atoms with van der Waals surface area (Å²) in [6.45, 7) is 2.09. The van der Waals surface area contributed by atoms with Gasteiger partial charge in [0.15, 0.2) is 0 Å². The smallest absolute Gasteiger partial charge is 0.137 e. The van der Waals surface area contributed by atoms with Gasteiger partial charge in [-0.3, -0.25) is 0 Å². The summed E-state index contributed by atoms with van der Waals surface area (Å²) >= 11 is 5.08. The predicted octanol–water partition coefficient (Wildman–Crippen LogP) is 5.33. The quantitative estimate of drug-likeness (QED) is 0.732. The standard InChI is InChI=1S/C15H14BrFS/c1-11-4-2-5-12(8-11)9-18-10-13-6-3-7-14(17)15(13)16/h2-8H,9-10H2,1H3. The predicted molar refractivity (Wildman–Crippen MR) is 80.3 cm³/mol. The summed E-state index contributed by atoms with van der Waals surface area (Å²) in [6.07, 6.45) is 0. The summed E-state index contributed by atoms with van der Waals surface area (Å²) in [4.78, 5) is 0. The third-order valence-corrected chi connectivity index (χ3v) is 4.58. The molecule has 0 aliphatic carbocycles. The van der Waals surface area contributed by atoms with Gasteiger partial charge in [0.1, 0.15) is 5.82 Å². The van der Waals surface area contributed by atoms with E-state index in [2.05, 4.69) is 47.1 Å². The Hall–Kier alpha value is -0.800. The lowest BCUT2D eigenvalue weighted by Gasteiger charge is -2.06. The molecule has 0 bridgehead atoms. The van der Waals surface area contributed by atoms with E-state index < -0.39 is 0 Å². The third kappa shape index (κ3) is 3.59. The number of rotatable bonds is 4. The van der Waals surface area contributed by atoms with Gasteiger partial charge in [0.2, 0.25) is 0 Å². The Balaban J connectivity index is 1.94. The molecule has 0 heterocycles. The van der Waals surface area contributed by atoms with Crippen molar-refractivity contribution >= 4 is 27.7 Å². The Morgan fingerprint density at radius 3 is 2.67 bits per heavy atom. The molecule has 0 nitrogen and oxygen atoms in total. The molecular formula is C15H14BrFS. The highest BCUT2D eigenvalue weighted by Gasteiger charge is 2.05. The Morgan fingerprint density at radius 2 is 1.89 bits per heavy atom. The molecule has 0 saturated carbocycles. The van der Waals surface area contributed by atoms with Crippen LogP contribution in [0.4, 0.5) is 4.39 Å². The van der Waals surface area contributed by atoms with Crippen molar-refractivity contribution in [3.05, 3.63) is 69.4 Å². The zero-order valence-electron chi connectivity index (χ0n) is 10.1. The van der Waals surface area contributed by atoms with Crippen LogP contribution in [0, 0.1) is 12.7 Å². The minimum absolute atomic E-state index is 0.191. The molecule has 3 heteroatoms. The van der Waals surface area contributed by atoms with Crippen LogP contribution in [0.1, 0.15) is 16.7 Å². The highest BCUT2D eigenvalue weighted by atomic mass is 79.9. The van der Waals surface area contributed by atoms with Crippen LogP contribution in [0.5, 0.6) is 0 Å². The van der Waals surface area contributed by atoms with Gasteiger partial charge in [0.25, 0.3) is 0 Å². The average Bonchev–Trinajstić information content (AvgIpc) is 2.35. The maximum atomic E-state index is 13.3. The molecule has 0 fully saturated rings. The van der Waals surface area contributed by atoms with Crippen molar-refractivity contribution in [2.45, 2.75) is 18.4 Å². The molecule has 18 heavy (non-hydrogen) atoms. The number of hydrogen-bond acceptors (Lipinski definition) is 1. The van der Waals surface area contributed by atoms with Crippen molar-refractivity contribution in [1.82, 2.24) is 0 Å². The minimum Gasteiger partial charge on any atom is -0.206 e. The first-order chi connectivity index (χ1) is 8.66. The Morgan fingerprint density at radius 1 is 1.11 bits per heavy atom. The average molecular weight is 325 g/mol. The molecule has 0 unspecified atom stereocenters. The second-order valence-electron chi connectivity index (χ2n) is 4.19. The van der Waals surface area contributed by atoms with Crippen LogP contribution in [0.25, 0.3) is 0 Å². The van der Waals surface area contributed by atoms with Gasteiger partial charge in [0, 0.05) is 11.5 Å². The molecule has 0 aliphatic rings. The summed E-state index contributed by atoms with van der Waals surface area (Å²) in [6, 6.07) is 13.7. The molecule has 0 saturated heterocycles. The van der Waals surface area contributed by atoms with E-state index in [9.17, 15) is 4.39 Å². The van der Waals surface area contributed by atoms with E-state index in [4.69, 9.17) is 0 Å². The van der Waals surface area contributed by atoms with Gasteiger partial charge in [-0.2, -0.15) is 11.8 Å². The van der Waals surface area contributed by atoms with Crippen LogP contribution in [0.2, 0.25) is 0 Å².